The summed E-state index contributed by atoms with van der Waals surface area (Å²) in [5.74, 6) is -1.17. The Bertz CT molecular complexity index is 1380. The van der Waals surface area contributed by atoms with E-state index in [-0.39, 0.29) is 38.2 Å². The number of esters is 1. The average Bonchev–Trinajstić information content (AvgIpc) is 3.49. The molecule has 0 fully saturated rings. The molecule has 4 rings (SSSR count). The molecular formula is C21H18N4O6S3. The highest BCUT2D eigenvalue weighted by Crippen LogP contribution is 2.33. The van der Waals surface area contributed by atoms with Gasteiger partial charge in [0.15, 0.2) is 17.3 Å². The molecule has 2 aromatic rings. The highest BCUT2D eigenvalue weighted by molar-refractivity contribution is 8.42. The maximum absolute atomic E-state index is 12.6. The zero-order valence-corrected chi connectivity index (χ0v) is 20.4. The molecule has 1 amide bonds. The molecule has 0 bridgehead atoms. The first-order valence-corrected chi connectivity index (χ1v) is 13.3. The number of nitrogens with zero attached hydrogens (tertiary/aromatic N) is 3. The smallest absolute Gasteiger partial charge is 0.353 e. The first-order chi connectivity index (χ1) is 16.2. The highest BCUT2D eigenvalue weighted by Gasteiger charge is 2.39. The second-order valence-electron chi connectivity index (χ2n) is 6.80. The molecule has 176 valence electrons. The van der Waals surface area contributed by atoms with Gasteiger partial charge in [-0.3, -0.25) is 10.2 Å². The van der Waals surface area contributed by atoms with Gasteiger partial charge >= 0.3 is 5.97 Å². The Labute approximate surface area is 203 Å². The summed E-state index contributed by atoms with van der Waals surface area (Å²) in [6.07, 6.45) is 1.42. The van der Waals surface area contributed by atoms with Crippen molar-refractivity contribution in [3.8, 4) is 11.5 Å². The number of sulfone groups is 1. The molecule has 0 aliphatic carbocycles. The van der Waals surface area contributed by atoms with Gasteiger partial charge in [0, 0.05) is 0 Å². The molecule has 3 heterocycles. The SMILES string of the molecule is CCOc1cc(/C=C2/C(=N)N3N=C(S(=O)(=O)CC)SC3=NC2=O)ccc1OC(=O)c1cccs1. The van der Waals surface area contributed by atoms with E-state index >= 15 is 0 Å². The van der Waals surface area contributed by atoms with E-state index in [2.05, 4.69) is 10.1 Å². The van der Waals surface area contributed by atoms with E-state index < -0.39 is 21.7 Å². The molecule has 13 heteroatoms. The summed E-state index contributed by atoms with van der Waals surface area (Å²) in [5.41, 5.74) is 0.414. The maximum atomic E-state index is 12.6. The summed E-state index contributed by atoms with van der Waals surface area (Å²) in [5, 5.41) is 15.2. The number of carbonyl (C=O) groups excluding carboxylic acids is 2. The Morgan fingerprint density at radius 3 is 2.71 bits per heavy atom. The minimum Gasteiger partial charge on any atom is -0.490 e. The van der Waals surface area contributed by atoms with Gasteiger partial charge in [0.25, 0.3) is 5.91 Å². The summed E-state index contributed by atoms with van der Waals surface area (Å²) < 4.78 is 35.1. The predicted molar refractivity (Wildman–Crippen MR) is 131 cm³/mol. The number of ether oxygens (including phenoxy) is 2. The van der Waals surface area contributed by atoms with Crippen LogP contribution in [0.15, 0.2) is 51.4 Å². The van der Waals surface area contributed by atoms with Crippen LogP contribution in [-0.2, 0) is 14.6 Å². The van der Waals surface area contributed by atoms with Gasteiger partial charge in [-0.1, -0.05) is 19.1 Å². The molecule has 10 nitrogen and oxygen atoms in total. The van der Waals surface area contributed by atoms with Gasteiger partial charge in [-0.25, -0.2) is 13.2 Å². The van der Waals surface area contributed by atoms with E-state index in [0.717, 1.165) is 16.8 Å². The fourth-order valence-corrected chi connectivity index (χ4v) is 5.66. The molecule has 0 radical (unpaired) electrons. The van der Waals surface area contributed by atoms with E-state index in [1.807, 2.05) is 0 Å². The van der Waals surface area contributed by atoms with Gasteiger partial charge in [-0.05, 0) is 53.9 Å². The standard InChI is InChI=1S/C21H18N4O6S3/c1-3-30-15-11-12(7-8-14(15)31-19(27)16-6-5-9-32-16)10-13-17(22)25-20(23-18(13)26)33-21(24-25)34(28,29)4-2/h5-11,22H,3-4H2,1-2H3/b13-10-,22-17?. The number of amides is 1. The first kappa shape index (κ1) is 23.9. The van der Waals surface area contributed by atoms with Crippen molar-refractivity contribution in [2.75, 3.05) is 12.4 Å². The number of thioether (sulfide) groups is 1. The van der Waals surface area contributed by atoms with E-state index in [1.54, 1.807) is 36.6 Å². The Balaban J connectivity index is 1.63. The van der Waals surface area contributed by atoms with Crippen LogP contribution in [0.5, 0.6) is 11.5 Å². The van der Waals surface area contributed by atoms with Crippen molar-refractivity contribution in [1.82, 2.24) is 5.01 Å². The van der Waals surface area contributed by atoms with Crippen LogP contribution in [0, 0.1) is 5.41 Å². The Morgan fingerprint density at radius 1 is 1.24 bits per heavy atom. The summed E-state index contributed by atoms with van der Waals surface area (Å²) >= 11 is 1.99. The molecular weight excluding hydrogens is 500 g/mol. The normalized spacial score (nSPS) is 16.9. The van der Waals surface area contributed by atoms with Crippen LogP contribution < -0.4 is 9.47 Å². The fraction of sp³-hybridized carbons (Fsp3) is 0.190. The fourth-order valence-electron chi connectivity index (χ4n) is 2.90. The van der Waals surface area contributed by atoms with Crippen molar-refractivity contribution in [1.29, 1.82) is 5.41 Å². The van der Waals surface area contributed by atoms with Crippen LogP contribution in [0.25, 0.3) is 6.08 Å². The number of nitrogens with one attached hydrogen (secondary N) is 1. The van der Waals surface area contributed by atoms with E-state index in [9.17, 15) is 18.0 Å². The van der Waals surface area contributed by atoms with Crippen molar-refractivity contribution < 1.29 is 27.5 Å². The van der Waals surface area contributed by atoms with Crippen LogP contribution in [-0.4, -0.2) is 53.0 Å². The van der Waals surface area contributed by atoms with E-state index in [1.165, 1.54) is 30.4 Å². The molecule has 0 atom stereocenters. The van der Waals surface area contributed by atoms with Gasteiger partial charge in [0.1, 0.15) is 4.88 Å². The number of rotatable bonds is 6. The lowest BCUT2D eigenvalue weighted by Gasteiger charge is -2.20. The molecule has 1 N–H and O–H groups in total. The molecule has 0 spiro atoms. The Hall–Kier alpha value is -3.29. The molecule has 0 saturated heterocycles. The van der Waals surface area contributed by atoms with Crippen LogP contribution in [0.4, 0.5) is 0 Å². The average molecular weight is 519 g/mol. The number of aliphatic imine (C=N–C) groups is 1. The molecule has 1 aromatic carbocycles. The highest BCUT2D eigenvalue weighted by atomic mass is 32.3. The third-order valence-electron chi connectivity index (χ3n) is 4.59. The first-order valence-electron chi connectivity index (χ1n) is 9.99. The lowest BCUT2D eigenvalue weighted by molar-refractivity contribution is -0.114. The van der Waals surface area contributed by atoms with Gasteiger partial charge < -0.3 is 9.47 Å². The third-order valence-corrected chi connectivity index (χ3v) is 8.52. The number of hydrazone groups is 1. The lowest BCUT2D eigenvalue weighted by atomic mass is 10.1. The van der Waals surface area contributed by atoms with Crippen LogP contribution in [0.2, 0.25) is 0 Å². The number of hydrogen-bond acceptors (Lipinski definition) is 10. The summed E-state index contributed by atoms with van der Waals surface area (Å²) in [6, 6.07) is 8.10. The summed E-state index contributed by atoms with van der Waals surface area (Å²) in [6.45, 7) is 3.56. The summed E-state index contributed by atoms with van der Waals surface area (Å²) in [7, 11) is -3.61. The van der Waals surface area contributed by atoms with Crippen molar-refractivity contribution in [3.05, 3.63) is 51.7 Å². The van der Waals surface area contributed by atoms with E-state index in [4.69, 9.17) is 14.9 Å². The number of carbonyl (C=O) groups is 2. The summed E-state index contributed by atoms with van der Waals surface area (Å²) in [4.78, 5) is 29.2. The molecule has 0 unspecified atom stereocenters. The van der Waals surface area contributed by atoms with Crippen LogP contribution >= 0.6 is 23.1 Å². The molecule has 0 saturated carbocycles. The molecule has 1 aromatic heterocycles. The largest absolute Gasteiger partial charge is 0.490 e. The van der Waals surface area contributed by atoms with Gasteiger partial charge in [0.2, 0.25) is 19.4 Å². The second-order valence-corrected chi connectivity index (χ2v) is 11.2. The number of hydrogen-bond donors (Lipinski definition) is 1. The van der Waals surface area contributed by atoms with Crippen LogP contribution in [0.1, 0.15) is 29.1 Å². The number of fused-ring (bicyclic) bond motifs is 1. The number of benzene rings is 1. The van der Waals surface area contributed by atoms with E-state index in [0.29, 0.717) is 17.0 Å². The second kappa shape index (κ2) is 9.52. The van der Waals surface area contributed by atoms with Crippen molar-refractivity contribution in [2.45, 2.75) is 13.8 Å². The molecule has 2 aliphatic rings. The maximum Gasteiger partial charge on any atom is 0.353 e. The van der Waals surface area contributed by atoms with Gasteiger partial charge in [-0.15, -0.1) is 16.4 Å². The lowest BCUT2D eigenvalue weighted by Crippen LogP contribution is -2.35. The Kier molecular flexibility index (Phi) is 6.68. The Morgan fingerprint density at radius 2 is 2.03 bits per heavy atom. The van der Waals surface area contributed by atoms with Crippen molar-refractivity contribution in [3.63, 3.8) is 0 Å². The number of thiophene rings is 1. The minimum atomic E-state index is -3.61. The molecule has 2 aliphatic heterocycles. The zero-order chi connectivity index (χ0) is 24.5. The van der Waals surface area contributed by atoms with Gasteiger partial charge in [-0.2, -0.15) is 10.0 Å². The zero-order valence-electron chi connectivity index (χ0n) is 18.0. The van der Waals surface area contributed by atoms with Crippen LogP contribution in [0.3, 0.4) is 0 Å². The van der Waals surface area contributed by atoms with Crippen molar-refractivity contribution >= 4 is 66.3 Å². The predicted octanol–water partition coefficient (Wildman–Crippen LogP) is 3.38. The molecule has 34 heavy (non-hydrogen) atoms. The number of amidine groups is 2. The minimum absolute atomic E-state index is 0.0185. The van der Waals surface area contributed by atoms with Gasteiger partial charge in [0.05, 0.1) is 17.9 Å². The quantitative estimate of drug-likeness (QED) is 0.349. The third kappa shape index (κ3) is 4.67. The van der Waals surface area contributed by atoms with Crippen molar-refractivity contribution in [2.24, 2.45) is 10.1 Å². The topological polar surface area (TPSA) is 139 Å². The monoisotopic (exact) mass is 518 g/mol.